The Balaban J connectivity index is 0.000000184. The summed E-state index contributed by atoms with van der Waals surface area (Å²) in [5.41, 5.74) is 7.06. The van der Waals surface area contributed by atoms with Gasteiger partial charge in [-0.3, -0.25) is 4.79 Å². The van der Waals surface area contributed by atoms with E-state index in [-0.39, 0.29) is 0 Å². The number of benzene rings is 2. The van der Waals surface area contributed by atoms with Crippen molar-refractivity contribution in [2.75, 3.05) is 0 Å². The lowest BCUT2D eigenvalue weighted by Gasteiger charge is -1.91. The molecular weight excluding hydrogens is 314 g/mol. The SMILES string of the molecule is NCc1ccccc1.O=C(Cl)c1ccc(Br)cc1. The number of rotatable bonds is 2. The minimum Gasteiger partial charge on any atom is -0.326 e. The zero-order valence-electron chi connectivity index (χ0n) is 9.64. The van der Waals surface area contributed by atoms with Gasteiger partial charge < -0.3 is 5.73 Å². The second-order valence-corrected chi connectivity index (χ2v) is 4.73. The highest BCUT2D eigenvalue weighted by Crippen LogP contribution is 2.11. The summed E-state index contributed by atoms with van der Waals surface area (Å²) in [5.74, 6) is 0. The van der Waals surface area contributed by atoms with E-state index in [9.17, 15) is 4.79 Å². The third kappa shape index (κ3) is 5.45. The molecule has 0 atom stereocenters. The van der Waals surface area contributed by atoms with E-state index in [0.29, 0.717) is 12.1 Å². The van der Waals surface area contributed by atoms with Crippen molar-refractivity contribution in [3.8, 4) is 0 Å². The van der Waals surface area contributed by atoms with Gasteiger partial charge in [-0.15, -0.1) is 0 Å². The smallest absolute Gasteiger partial charge is 0.252 e. The molecule has 2 aromatic carbocycles. The number of hydrogen-bond donors (Lipinski definition) is 1. The van der Waals surface area contributed by atoms with Crippen molar-refractivity contribution >= 4 is 32.8 Å². The first kappa shape index (κ1) is 14.9. The standard InChI is InChI=1S/C7H4BrClO.C7H9N/c8-6-3-1-5(2-4-6)7(9)10;8-6-7-4-2-1-3-5-7/h1-4H;1-5H,6,8H2. The third-order valence-electron chi connectivity index (χ3n) is 2.15. The maximum Gasteiger partial charge on any atom is 0.252 e. The van der Waals surface area contributed by atoms with Gasteiger partial charge in [0.25, 0.3) is 5.24 Å². The van der Waals surface area contributed by atoms with Crippen molar-refractivity contribution < 1.29 is 4.79 Å². The molecule has 0 heterocycles. The number of nitrogens with two attached hydrogens (primary N) is 1. The molecule has 0 aliphatic rings. The van der Waals surface area contributed by atoms with Gasteiger partial charge in [0.05, 0.1) is 0 Å². The minimum absolute atomic E-state index is 0.424. The normalized spacial score (nSPS) is 9.28. The van der Waals surface area contributed by atoms with E-state index in [2.05, 4.69) is 15.9 Å². The molecule has 2 nitrogen and oxygen atoms in total. The molecule has 4 heteroatoms. The van der Waals surface area contributed by atoms with Crippen molar-refractivity contribution in [2.24, 2.45) is 5.73 Å². The molecule has 0 radical (unpaired) electrons. The van der Waals surface area contributed by atoms with E-state index < -0.39 is 5.24 Å². The first-order valence-electron chi connectivity index (χ1n) is 5.33. The summed E-state index contributed by atoms with van der Waals surface area (Å²) in [6.07, 6.45) is 0. The molecule has 2 N–H and O–H groups in total. The summed E-state index contributed by atoms with van der Waals surface area (Å²) in [6.45, 7) is 0.640. The average molecular weight is 327 g/mol. The predicted molar refractivity (Wildman–Crippen MR) is 78.7 cm³/mol. The number of hydrogen-bond acceptors (Lipinski definition) is 2. The van der Waals surface area contributed by atoms with Crippen LogP contribution in [0.1, 0.15) is 15.9 Å². The van der Waals surface area contributed by atoms with Crippen LogP contribution >= 0.6 is 27.5 Å². The molecule has 0 spiro atoms. The molecule has 0 saturated heterocycles. The molecule has 0 aliphatic heterocycles. The second-order valence-electron chi connectivity index (χ2n) is 3.47. The Bertz CT molecular complexity index is 485. The molecule has 0 unspecified atom stereocenters. The zero-order valence-corrected chi connectivity index (χ0v) is 12.0. The Labute approximate surface area is 120 Å². The van der Waals surface area contributed by atoms with Crippen LogP contribution in [0.3, 0.4) is 0 Å². The van der Waals surface area contributed by atoms with Crippen molar-refractivity contribution in [1.29, 1.82) is 0 Å². The number of halogens is 2. The third-order valence-corrected chi connectivity index (χ3v) is 2.90. The first-order valence-corrected chi connectivity index (χ1v) is 6.50. The van der Waals surface area contributed by atoms with Crippen LogP contribution in [0.4, 0.5) is 0 Å². The van der Waals surface area contributed by atoms with Crippen LogP contribution in [0.5, 0.6) is 0 Å². The Morgan fingerprint density at radius 1 is 1.06 bits per heavy atom. The van der Waals surface area contributed by atoms with Gasteiger partial charge in [0.2, 0.25) is 0 Å². The topological polar surface area (TPSA) is 43.1 Å². The molecule has 0 aromatic heterocycles. The summed E-state index contributed by atoms with van der Waals surface area (Å²) in [6, 6.07) is 16.9. The van der Waals surface area contributed by atoms with Crippen LogP contribution in [-0.4, -0.2) is 5.24 Å². The molecule has 0 aliphatic carbocycles. The summed E-state index contributed by atoms with van der Waals surface area (Å²) in [4.78, 5) is 10.5. The van der Waals surface area contributed by atoms with E-state index in [0.717, 1.165) is 4.47 Å². The fourth-order valence-electron chi connectivity index (χ4n) is 1.20. The maximum absolute atomic E-state index is 10.5. The Morgan fingerprint density at radius 3 is 2.00 bits per heavy atom. The lowest BCUT2D eigenvalue weighted by atomic mass is 10.2. The Hall–Kier alpha value is -1.16. The molecular formula is C14H13BrClNO. The largest absolute Gasteiger partial charge is 0.326 e. The van der Waals surface area contributed by atoms with E-state index in [1.165, 1.54) is 5.56 Å². The summed E-state index contributed by atoms with van der Waals surface area (Å²) < 4.78 is 0.939. The first-order chi connectivity index (χ1) is 8.63. The summed E-state index contributed by atoms with van der Waals surface area (Å²) in [5, 5.41) is -0.424. The van der Waals surface area contributed by atoms with Crippen LogP contribution in [0.15, 0.2) is 59.1 Å². The van der Waals surface area contributed by atoms with Gasteiger partial charge in [0.1, 0.15) is 0 Å². The fraction of sp³-hybridized carbons (Fsp3) is 0.0714. The zero-order chi connectivity index (χ0) is 13.4. The van der Waals surface area contributed by atoms with E-state index >= 15 is 0 Å². The maximum atomic E-state index is 10.5. The average Bonchev–Trinajstić information content (AvgIpc) is 2.41. The van der Waals surface area contributed by atoms with Gasteiger partial charge >= 0.3 is 0 Å². The molecule has 2 aromatic rings. The van der Waals surface area contributed by atoms with Crippen LogP contribution in [-0.2, 0) is 6.54 Å². The highest BCUT2D eigenvalue weighted by atomic mass is 79.9. The van der Waals surface area contributed by atoms with E-state index in [4.69, 9.17) is 17.3 Å². The molecule has 18 heavy (non-hydrogen) atoms. The van der Waals surface area contributed by atoms with Gasteiger partial charge in [0.15, 0.2) is 0 Å². The van der Waals surface area contributed by atoms with Crippen molar-refractivity contribution in [2.45, 2.75) is 6.54 Å². The van der Waals surface area contributed by atoms with Gasteiger partial charge in [-0.1, -0.05) is 46.3 Å². The molecule has 0 amide bonds. The van der Waals surface area contributed by atoms with Crippen LogP contribution in [0.25, 0.3) is 0 Å². The van der Waals surface area contributed by atoms with Crippen molar-refractivity contribution in [3.63, 3.8) is 0 Å². The molecule has 2 rings (SSSR count). The predicted octanol–water partition coefficient (Wildman–Crippen LogP) is 3.97. The van der Waals surface area contributed by atoms with Crippen LogP contribution < -0.4 is 5.73 Å². The second kappa shape index (κ2) is 8.03. The van der Waals surface area contributed by atoms with Gasteiger partial charge in [-0.2, -0.15) is 0 Å². The van der Waals surface area contributed by atoms with Gasteiger partial charge in [0, 0.05) is 16.6 Å². The molecule has 94 valence electrons. The monoisotopic (exact) mass is 325 g/mol. The lowest BCUT2D eigenvalue weighted by Crippen LogP contribution is -1.94. The van der Waals surface area contributed by atoms with Crippen molar-refractivity contribution in [3.05, 3.63) is 70.2 Å². The van der Waals surface area contributed by atoms with E-state index in [1.807, 2.05) is 30.3 Å². The van der Waals surface area contributed by atoms with Crippen molar-refractivity contribution in [1.82, 2.24) is 0 Å². The molecule has 0 bridgehead atoms. The number of carbonyl (C=O) groups excluding carboxylic acids is 1. The van der Waals surface area contributed by atoms with Crippen LogP contribution in [0.2, 0.25) is 0 Å². The number of carbonyl (C=O) groups is 1. The summed E-state index contributed by atoms with van der Waals surface area (Å²) >= 11 is 8.44. The van der Waals surface area contributed by atoms with Gasteiger partial charge in [-0.25, -0.2) is 0 Å². The Morgan fingerprint density at radius 2 is 1.61 bits per heavy atom. The van der Waals surface area contributed by atoms with Crippen LogP contribution in [0, 0.1) is 0 Å². The quantitative estimate of drug-likeness (QED) is 0.848. The van der Waals surface area contributed by atoms with Gasteiger partial charge in [-0.05, 0) is 41.4 Å². The minimum atomic E-state index is -0.424. The highest BCUT2D eigenvalue weighted by Gasteiger charge is 1.98. The van der Waals surface area contributed by atoms with E-state index in [1.54, 1.807) is 24.3 Å². The highest BCUT2D eigenvalue weighted by molar-refractivity contribution is 9.10. The Kier molecular flexibility index (Phi) is 6.65. The lowest BCUT2D eigenvalue weighted by molar-refractivity contribution is 0.108. The molecule has 0 fully saturated rings. The fourth-order valence-corrected chi connectivity index (χ4v) is 1.59. The molecule has 0 saturated carbocycles. The summed E-state index contributed by atoms with van der Waals surface area (Å²) in [7, 11) is 0.